The molecule has 0 amide bonds. The summed E-state index contributed by atoms with van der Waals surface area (Å²) < 4.78 is 19.8. The lowest BCUT2D eigenvalue weighted by molar-refractivity contribution is 0.461. The zero-order chi connectivity index (χ0) is 24.1. The van der Waals surface area contributed by atoms with Gasteiger partial charge in [0.2, 0.25) is 5.95 Å². The van der Waals surface area contributed by atoms with Crippen molar-refractivity contribution in [2.75, 3.05) is 0 Å². The van der Waals surface area contributed by atoms with E-state index in [1.54, 1.807) is 15.6 Å². The van der Waals surface area contributed by atoms with Gasteiger partial charge in [-0.3, -0.25) is 9.13 Å². The van der Waals surface area contributed by atoms with E-state index < -0.39 is 0 Å². The second-order valence-electron chi connectivity index (χ2n) is 9.01. The minimum atomic E-state index is -0.383. The Morgan fingerprint density at radius 2 is 1.79 bits per heavy atom. The molecule has 0 fully saturated rings. The molecule has 0 unspecified atom stereocenters. The predicted octanol–water partition coefficient (Wildman–Crippen LogP) is 4.87. The van der Waals surface area contributed by atoms with E-state index in [2.05, 4.69) is 29.4 Å². The quantitative estimate of drug-likeness (QED) is 0.337. The molecule has 4 aromatic rings. The summed E-state index contributed by atoms with van der Waals surface area (Å²) in [6, 6.07) is 15.9. The Morgan fingerprint density at radius 3 is 2.47 bits per heavy atom. The normalized spacial score (nSPS) is 11.4. The first-order valence-corrected chi connectivity index (χ1v) is 11.9. The fourth-order valence-electron chi connectivity index (χ4n) is 4.11. The Hall–Kier alpha value is -3.55. The molecule has 0 aliphatic carbocycles. The lowest BCUT2D eigenvalue weighted by Gasteiger charge is -2.11. The SMILES string of the molecule is CCCCn1c(F)c(CCC(C)C)n(Cc2ccc(-c3ccccc3-n3cnnn3)cc2)c1=O. The smallest absolute Gasteiger partial charge is 0.289 e. The van der Waals surface area contributed by atoms with Gasteiger partial charge in [-0.25, -0.2) is 4.79 Å². The molecule has 0 radical (unpaired) electrons. The molecule has 7 nitrogen and oxygen atoms in total. The Morgan fingerprint density at radius 1 is 1.03 bits per heavy atom. The van der Waals surface area contributed by atoms with Crippen molar-refractivity contribution in [3.8, 4) is 16.8 Å². The van der Waals surface area contributed by atoms with Crippen molar-refractivity contribution in [2.24, 2.45) is 5.92 Å². The van der Waals surface area contributed by atoms with Gasteiger partial charge in [0.15, 0.2) is 0 Å². The highest BCUT2D eigenvalue weighted by molar-refractivity contribution is 5.72. The molecule has 0 spiro atoms. The molecule has 0 N–H and O–H groups in total. The van der Waals surface area contributed by atoms with Gasteiger partial charge in [0.05, 0.1) is 17.9 Å². The summed E-state index contributed by atoms with van der Waals surface area (Å²) in [6.45, 7) is 7.02. The van der Waals surface area contributed by atoms with Crippen LogP contribution < -0.4 is 5.69 Å². The molecule has 2 aromatic heterocycles. The number of para-hydroxylation sites is 1. The van der Waals surface area contributed by atoms with Crippen LogP contribution in [0.2, 0.25) is 0 Å². The first-order chi connectivity index (χ1) is 16.5. The molecule has 0 saturated heterocycles. The molecule has 2 aromatic carbocycles. The van der Waals surface area contributed by atoms with Crippen LogP contribution in [0.15, 0.2) is 59.7 Å². The average Bonchev–Trinajstić information content (AvgIpc) is 3.45. The summed E-state index contributed by atoms with van der Waals surface area (Å²) in [5.41, 5.74) is 4.06. The highest BCUT2D eigenvalue weighted by Crippen LogP contribution is 2.26. The third-order valence-electron chi connectivity index (χ3n) is 6.06. The highest BCUT2D eigenvalue weighted by Gasteiger charge is 2.20. The van der Waals surface area contributed by atoms with Gasteiger partial charge in [0.1, 0.15) is 6.33 Å². The molecule has 34 heavy (non-hydrogen) atoms. The lowest BCUT2D eigenvalue weighted by atomic mass is 10.0. The molecule has 2 heterocycles. The van der Waals surface area contributed by atoms with Crippen LogP contribution in [-0.2, 0) is 19.5 Å². The van der Waals surface area contributed by atoms with Crippen LogP contribution in [0.3, 0.4) is 0 Å². The zero-order valence-electron chi connectivity index (χ0n) is 20.0. The summed E-state index contributed by atoms with van der Waals surface area (Å²) in [6.07, 6.45) is 4.64. The number of hydrogen-bond acceptors (Lipinski definition) is 4. The van der Waals surface area contributed by atoms with Gasteiger partial charge in [-0.2, -0.15) is 9.07 Å². The van der Waals surface area contributed by atoms with Gasteiger partial charge in [0, 0.05) is 12.1 Å². The van der Waals surface area contributed by atoms with E-state index in [-0.39, 0.29) is 11.6 Å². The summed E-state index contributed by atoms with van der Waals surface area (Å²) in [7, 11) is 0. The van der Waals surface area contributed by atoms with Crippen molar-refractivity contribution in [1.29, 1.82) is 0 Å². The second-order valence-corrected chi connectivity index (χ2v) is 9.01. The van der Waals surface area contributed by atoms with E-state index >= 15 is 4.39 Å². The fourth-order valence-corrected chi connectivity index (χ4v) is 4.11. The molecule has 0 saturated carbocycles. The predicted molar refractivity (Wildman–Crippen MR) is 130 cm³/mol. The number of nitrogens with zero attached hydrogens (tertiary/aromatic N) is 6. The van der Waals surface area contributed by atoms with Crippen LogP contribution in [0, 0.1) is 11.9 Å². The van der Waals surface area contributed by atoms with E-state index in [9.17, 15) is 4.79 Å². The van der Waals surface area contributed by atoms with E-state index in [0.717, 1.165) is 41.6 Å². The van der Waals surface area contributed by atoms with Gasteiger partial charge < -0.3 is 0 Å². The Labute approximate surface area is 198 Å². The molecule has 8 heteroatoms. The van der Waals surface area contributed by atoms with Crippen molar-refractivity contribution in [3.05, 3.63) is 82.5 Å². The Bertz CT molecular complexity index is 1270. The molecule has 0 atom stereocenters. The number of unbranched alkanes of at least 4 members (excludes halogenated alkanes) is 1. The van der Waals surface area contributed by atoms with Crippen molar-refractivity contribution >= 4 is 0 Å². The number of aromatic nitrogens is 6. The van der Waals surface area contributed by atoms with Crippen molar-refractivity contribution < 1.29 is 4.39 Å². The summed E-state index contributed by atoms with van der Waals surface area (Å²) in [5.74, 6) is 0.0487. The average molecular weight is 463 g/mol. The number of imidazole rings is 1. The summed E-state index contributed by atoms with van der Waals surface area (Å²) >= 11 is 0. The summed E-state index contributed by atoms with van der Waals surface area (Å²) in [5, 5.41) is 11.5. The Kier molecular flexibility index (Phi) is 7.35. The molecular weight excluding hydrogens is 431 g/mol. The number of halogens is 1. The van der Waals surface area contributed by atoms with Gasteiger partial charge >= 0.3 is 5.69 Å². The zero-order valence-corrected chi connectivity index (χ0v) is 20.0. The van der Waals surface area contributed by atoms with Crippen LogP contribution in [0.1, 0.15) is 51.3 Å². The minimum absolute atomic E-state index is 0.266. The number of hydrogen-bond donors (Lipinski definition) is 0. The fraction of sp³-hybridized carbons (Fsp3) is 0.385. The summed E-state index contributed by atoms with van der Waals surface area (Å²) in [4.78, 5) is 13.1. The second kappa shape index (κ2) is 10.6. The lowest BCUT2D eigenvalue weighted by Crippen LogP contribution is -2.26. The largest absolute Gasteiger partial charge is 0.330 e. The van der Waals surface area contributed by atoms with E-state index in [1.807, 2.05) is 55.5 Å². The van der Waals surface area contributed by atoms with Crippen molar-refractivity contribution in [2.45, 2.75) is 59.5 Å². The first-order valence-electron chi connectivity index (χ1n) is 11.9. The maximum Gasteiger partial charge on any atom is 0.330 e. The molecule has 0 aliphatic heterocycles. The number of rotatable bonds is 10. The Balaban J connectivity index is 1.64. The molecule has 0 aliphatic rings. The van der Waals surface area contributed by atoms with Crippen LogP contribution in [0.5, 0.6) is 0 Å². The first kappa shape index (κ1) is 23.6. The monoisotopic (exact) mass is 462 g/mol. The van der Waals surface area contributed by atoms with Crippen LogP contribution in [0.25, 0.3) is 16.8 Å². The van der Waals surface area contributed by atoms with Gasteiger partial charge in [-0.05, 0) is 52.8 Å². The van der Waals surface area contributed by atoms with Gasteiger partial charge in [-0.1, -0.05) is 69.7 Å². The third-order valence-corrected chi connectivity index (χ3v) is 6.06. The van der Waals surface area contributed by atoms with Crippen LogP contribution in [-0.4, -0.2) is 29.3 Å². The topological polar surface area (TPSA) is 70.5 Å². The molecule has 0 bridgehead atoms. The van der Waals surface area contributed by atoms with E-state index in [4.69, 9.17) is 0 Å². The number of benzene rings is 2. The highest BCUT2D eigenvalue weighted by atomic mass is 19.1. The number of tetrazole rings is 1. The van der Waals surface area contributed by atoms with Gasteiger partial charge in [-0.15, -0.1) is 5.10 Å². The van der Waals surface area contributed by atoms with Crippen LogP contribution >= 0.6 is 0 Å². The maximum absolute atomic E-state index is 15.2. The minimum Gasteiger partial charge on any atom is -0.289 e. The van der Waals surface area contributed by atoms with E-state index in [0.29, 0.717) is 31.1 Å². The van der Waals surface area contributed by atoms with Gasteiger partial charge in [0.25, 0.3) is 0 Å². The molecule has 4 rings (SSSR count). The molecular formula is C26H31FN6O. The maximum atomic E-state index is 15.2. The standard InChI is InChI=1S/C26H31FN6O/c1-4-5-16-31-25(27)24(15-10-19(2)3)32(26(31)34)17-20-11-13-21(14-12-20)22-8-6-7-9-23(22)33-18-28-29-30-33/h6-9,11-14,18-19H,4-5,10,15-17H2,1-3H3. The van der Waals surface area contributed by atoms with Crippen molar-refractivity contribution in [1.82, 2.24) is 29.3 Å². The van der Waals surface area contributed by atoms with Crippen molar-refractivity contribution in [3.63, 3.8) is 0 Å². The van der Waals surface area contributed by atoms with Crippen LogP contribution in [0.4, 0.5) is 4.39 Å². The molecule has 178 valence electrons. The van der Waals surface area contributed by atoms with E-state index in [1.165, 1.54) is 4.57 Å². The third kappa shape index (κ3) is 5.00.